The fraction of sp³-hybridized carbons (Fsp3) is 0.0370. The Morgan fingerprint density at radius 1 is 0.667 bits per heavy atom. The molecule has 0 amide bonds. The Morgan fingerprint density at radius 2 is 1.15 bits per heavy atom. The van der Waals surface area contributed by atoms with Crippen molar-refractivity contribution in [3.63, 3.8) is 0 Å². The van der Waals surface area contributed by atoms with Gasteiger partial charge < -0.3 is 19.8 Å². The van der Waals surface area contributed by atoms with E-state index < -0.39 is 0 Å². The number of phenolic OH excluding ortho intramolecular Hbond substituents is 1. The summed E-state index contributed by atoms with van der Waals surface area (Å²) in [6.07, 6.45) is 3.55. The molecule has 0 atom stereocenters. The fourth-order valence-corrected chi connectivity index (χ4v) is 3.64. The van der Waals surface area contributed by atoms with Crippen LogP contribution in [0.25, 0.3) is 44.6 Å². The minimum atomic E-state index is 0.276. The van der Waals surface area contributed by atoms with Gasteiger partial charge in [0.25, 0.3) is 0 Å². The maximum absolute atomic E-state index is 9.22. The second-order valence-corrected chi connectivity index (χ2v) is 7.52. The van der Waals surface area contributed by atoms with Gasteiger partial charge in [-0.15, -0.1) is 0 Å². The van der Waals surface area contributed by atoms with Crippen LogP contribution in [0.3, 0.4) is 0 Å². The van der Waals surface area contributed by atoms with Crippen molar-refractivity contribution in [3.8, 4) is 34.0 Å². The van der Waals surface area contributed by atoms with Gasteiger partial charge in [-0.1, -0.05) is 0 Å². The first-order valence-electron chi connectivity index (χ1n) is 10.5. The van der Waals surface area contributed by atoms with Crippen molar-refractivity contribution >= 4 is 22.1 Å². The summed E-state index contributed by atoms with van der Waals surface area (Å²) in [5, 5.41) is 11.4. The molecule has 2 aromatic carbocycles. The van der Waals surface area contributed by atoms with Crippen LogP contribution in [-0.2, 0) is 0 Å². The molecule has 6 aromatic rings. The summed E-state index contributed by atoms with van der Waals surface area (Å²) in [7, 11) is 1.67. The van der Waals surface area contributed by atoms with Crippen LogP contribution in [0.5, 0.6) is 11.5 Å². The van der Waals surface area contributed by atoms with E-state index in [9.17, 15) is 5.11 Å². The molecule has 4 aromatic heterocycles. The average Bonchev–Trinajstić information content (AvgIpc) is 3.49. The molecule has 33 heavy (non-hydrogen) atoms. The summed E-state index contributed by atoms with van der Waals surface area (Å²) < 4.78 is 5.14. The third kappa shape index (κ3) is 4.41. The van der Waals surface area contributed by atoms with Crippen LogP contribution in [0.4, 0.5) is 0 Å². The number of nitrogens with one attached hydrogen (secondary N) is 2. The number of pyridine rings is 2. The number of ether oxygens (including phenoxy) is 1. The molecule has 6 nitrogen and oxygen atoms in total. The average molecular weight is 434 g/mol. The first kappa shape index (κ1) is 20.3. The van der Waals surface area contributed by atoms with Gasteiger partial charge in [0.05, 0.1) is 7.11 Å². The molecule has 0 aliphatic rings. The number of fused-ring (bicyclic) bond motifs is 2. The maximum Gasteiger partial charge on any atom is 0.137 e. The molecule has 4 heterocycles. The third-order valence-electron chi connectivity index (χ3n) is 5.36. The lowest BCUT2D eigenvalue weighted by molar-refractivity contribution is 0.415. The Kier molecular flexibility index (Phi) is 5.47. The van der Waals surface area contributed by atoms with Crippen molar-refractivity contribution in [1.82, 2.24) is 19.9 Å². The van der Waals surface area contributed by atoms with Crippen molar-refractivity contribution in [2.24, 2.45) is 0 Å². The number of rotatable bonds is 3. The number of aromatic amines is 2. The summed E-state index contributed by atoms with van der Waals surface area (Å²) in [6, 6.07) is 27.1. The fourth-order valence-electron chi connectivity index (χ4n) is 3.64. The van der Waals surface area contributed by atoms with Crippen LogP contribution >= 0.6 is 0 Å². The molecule has 0 radical (unpaired) electrons. The minimum Gasteiger partial charge on any atom is -0.508 e. The van der Waals surface area contributed by atoms with Crippen LogP contribution in [0, 0.1) is 0 Å². The molecule has 0 saturated carbocycles. The van der Waals surface area contributed by atoms with E-state index in [2.05, 4.69) is 32.1 Å². The van der Waals surface area contributed by atoms with Crippen LogP contribution in [-0.4, -0.2) is 32.2 Å². The van der Waals surface area contributed by atoms with E-state index in [1.165, 1.54) is 0 Å². The number of phenols is 1. The molecule has 0 aliphatic heterocycles. The molecule has 0 spiro atoms. The van der Waals surface area contributed by atoms with Crippen LogP contribution in [0.15, 0.2) is 97.3 Å². The highest BCUT2D eigenvalue weighted by molar-refractivity contribution is 5.83. The molecule has 162 valence electrons. The Morgan fingerprint density at radius 3 is 1.61 bits per heavy atom. The molecule has 3 N–H and O–H groups in total. The highest BCUT2D eigenvalue weighted by Crippen LogP contribution is 2.25. The lowest BCUT2D eigenvalue weighted by Crippen LogP contribution is -1.82. The van der Waals surface area contributed by atoms with Crippen LogP contribution in [0.1, 0.15) is 0 Å². The first-order valence-corrected chi connectivity index (χ1v) is 10.5. The van der Waals surface area contributed by atoms with Crippen molar-refractivity contribution in [3.05, 3.63) is 97.3 Å². The zero-order valence-corrected chi connectivity index (χ0v) is 18.0. The monoisotopic (exact) mass is 434 g/mol. The van der Waals surface area contributed by atoms with Crippen molar-refractivity contribution < 1.29 is 9.84 Å². The SMILES string of the molecule is COc1ccc(-c2cc3cccnc3[nH]2)cc1.Oc1ccc(-c2cc3cccnc3[nH]2)cc1. The number of nitrogens with zero attached hydrogens (tertiary/aromatic N) is 2. The van der Waals surface area contributed by atoms with Gasteiger partial charge in [0.15, 0.2) is 0 Å². The Bertz CT molecular complexity index is 1430. The van der Waals surface area contributed by atoms with Gasteiger partial charge in [-0.3, -0.25) is 0 Å². The maximum atomic E-state index is 9.22. The standard InChI is InChI=1S/C14H12N2O.C13H10N2O/c1-17-12-6-4-10(5-7-12)13-9-11-3-2-8-15-14(11)16-13;16-11-5-3-9(4-6-11)12-8-10-2-1-7-14-13(10)15-12/h2-9H,1H3,(H,15,16);1-8,16H,(H,14,15). The summed E-state index contributed by atoms with van der Waals surface area (Å²) in [4.78, 5) is 15.1. The smallest absolute Gasteiger partial charge is 0.137 e. The zero-order valence-electron chi connectivity index (χ0n) is 18.0. The van der Waals surface area contributed by atoms with Gasteiger partial charge in [-0.25, -0.2) is 9.97 Å². The zero-order chi connectivity index (χ0) is 22.6. The van der Waals surface area contributed by atoms with Gasteiger partial charge in [0, 0.05) is 34.6 Å². The lowest BCUT2D eigenvalue weighted by atomic mass is 10.1. The van der Waals surface area contributed by atoms with E-state index in [4.69, 9.17) is 4.74 Å². The molecule has 0 aliphatic carbocycles. The molecule has 0 fully saturated rings. The normalized spacial score (nSPS) is 10.7. The van der Waals surface area contributed by atoms with Gasteiger partial charge in [0.1, 0.15) is 22.8 Å². The summed E-state index contributed by atoms with van der Waals surface area (Å²) in [5.41, 5.74) is 6.04. The van der Waals surface area contributed by atoms with E-state index >= 15 is 0 Å². The highest BCUT2D eigenvalue weighted by Gasteiger charge is 2.04. The summed E-state index contributed by atoms with van der Waals surface area (Å²) >= 11 is 0. The van der Waals surface area contributed by atoms with Crippen molar-refractivity contribution in [1.29, 1.82) is 0 Å². The van der Waals surface area contributed by atoms with Gasteiger partial charge in [0.2, 0.25) is 0 Å². The second-order valence-electron chi connectivity index (χ2n) is 7.52. The van der Waals surface area contributed by atoms with E-state index in [-0.39, 0.29) is 5.75 Å². The Labute approximate surface area is 190 Å². The van der Waals surface area contributed by atoms with E-state index in [1.54, 1.807) is 31.6 Å². The molecule has 6 heteroatoms. The van der Waals surface area contributed by atoms with Crippen LogP contribution in [0.2, 0.25) is 0 Å². The summed E-state index contributed by atoms with van der Waals surface area (Å²) in [6.45, 7) is 0. The van der Waals surface area contributed by atoms with Crippen molar-refractivity contribution in [2.45, 2.75) is 0 Å². The predicted octanol–water partition coefficient (Wildman–Crippen LogP) is 6.17. The van der Waals surface area contributed by atoms with Crippen LogP contribution < -0.4 is 4.74 Å². The Balaban J connectivity index is 0.000000139. The third-order valence-corrected chi connectivity index (χ3v) is 5.36. The molecular formula is C27H22N4O2. The highest BCUT2D eigenvalue weighted by atomic mass is 16.5. The number of aromatic hydroxyl groups is 1. The molecule has 0 bridgehead atoms. The molecule has 0 saturated heterocycles. The Hall–Kier alpha value is -4.58. The number of hydrogen-bond acceptors (Lipinski definition) is 4. The lowest BCUT2D eigenvalue weighted by Gasteiger charge is -2.00. The predicted molar refractivity (Wildman–Crippen MR) is 131 cm³/mol. The van der Waals surface area contributed by atoms with E-state index in [0.29, 0.717) is 0 Å². The summed E-state index contributed by atoms with van der Waals surface area (Å²) in [5.74, 6) is 1.14. The van der Waals surface area contributed by atoms with Gasteiger partial charge in [-0.2, -0.15) is 0 Å². The quantitative estimate of drug-likeness (QED) is 0.311. The second kappa shape index (κ2) is 8.88. The van der Waals surface area contributed by atoms with Gasteiger partial charge in [-0.05, 0) is 96.1 Å². The number of methoxy groups -OCH3 is 1. The number of hydrogen-bond donors (Lipinski definition) is 3. The number of aromatic nitrogens is 4. The molecule has 6 rings (SSSR count). The largest absolute Gasteiger partial charge is 0.508 e. The molecule has 0 unspecified atom stereocenters. The minimum absolute atomic E-state index is 0.276. The van der Waals surface area contributed by atoms with E-state index in [0.717, 1.165) is 50.3 Å². The molecular weight excluding hydrogens is 412 g/mol. The van der Waals surface area contributed by atoms with E-state index in [1.807, 2.05) is 60.7 Å². The number of H-pyrrole nitrogens is 2. The van der Waals surface area contributed by atoms with Gasteiger partial charge >= 0.3 is 0 Å². The number of benzene rings is 2. The topological polar surface area (TPSA) is 86.8 Å². The first-order chi connectivity index (χ1) is 16.2. The van der Waals surface area contributed by atoms with Crippen molar-refractivity contribution in [2.75, 3.05) is 7.11 Å².